The van der Waals surface area contributed by atoms with E-state index in [0.29, 0.717) is 44.7 Å². The van der Waals surface area contributed by atoms with Crippen molar-refractivity contribution in [3.8, 4) is 6.07 Å². The lowest BCUT2D eigenvalue weighted by molar-refractivity contribution is 0.418. The highest BCUT2D eigenvalue weighted by molar-refractivity contribution is 6.36. The summed E-state index contributed by atoms with van der Waals surface area (Å²) in [5, 5.41) is 24.0. The number of fused-ring (bicyclic) bond motifs is 1. The average Bonchev–Trinajstić information content (AvgIpc) is 2.98. The normalized spacial score (nSPS) is 14.9. The summed E-state index contributed by atoms with van der Waals surface area (Å²) in [5.74, 6) is -0.915. The molecule has 0 spiro atoms. The van der Waals surface area contributed by atoms with Crippen LogP contribution < -0.4 is 27.0 Å². The molecule has 11 heteroatoms. The first-order valence-corrected chi connectivity index (χ1v) is 13.8. The van der Waals surface area contributed by atoms with Crippen LogP contribution in [0.3, 0.4) is 0 Å². The van der Waals surface area contributed by atoms with Crippen LogP contribution >= 0.6 is 23.2 Å². The van der Waals surface area contributed by atoms with Crippen molar-refractivity contribution in [3.63, 3.8) is 0 Å². The first-order valence-electron chi connectivity index (χ1n) is 13.0. The van der Waals surface area contributed by atoms with Gasteiger partial charge in [-0.25, -0.2) is 8.78 Å². The van der Waals surface area contributed by atoms with Crippen LogP contribution in [0.5, 0.6) is 0 Å². The van der Waals surface area contributed by atoms with Gasteiger partial charge in [0.1, 0.15) is 17.7 Å². The molecule has 6 N–H and O–H groups in total. The SMILES string of the molecule is N#Cc1cnc2c(Cl)cc(NC(/C(N)=C/NC3CCNCC3)c3ccc(F)cc3)cc2c1Nc1ccc(F)c(Cl)c1. The Morgan fingerprint density at radius 3 is 2.49 bits per heavy atom. The molecule has 1 atom stereocenters. The number of pyridine rings is 1. The van der Waals surface area contributed by atoms with Crippen LogP contribution in [-0.2, 0) is 0 Å². The number of aromatic nitrogens is 1. The molecule has 0 saturated carbocycles. The van der Waals surface area contributed by atoms with Gasteiger partial charge in [0.25, 0.3) is 0 Å². The van der Waals surface area contributed by atoms with E-state index in [0.717, 1.165) is 31.5 Å². The highest BCUT2D eigenvalue weighted by Crippen LogP contribution is 2.37. The Hall–Kier alpha value is -4.10. The van der Waals surface area contributed by atoms with Gasteiger partial charge >= 0.3 is 0 Å². The van der Waals surface area contributed by atoms with Gasteiger partial charge in [0.2, 0.25) is 0 Å². The maximum Gasteiger partial charge on any atom is 0.141 e. The number of anilines is 3. The van der Waals surface area contributed by atoms with Crippen LogP contribution in [0.1, 0.15) is 30.0 Å². The predicted octanol–water partition coefficient (Wildman–Crippen LogP) is 6.73. The van der Waals surface area contributed by atoms with E-state index in [1.165, 1.54) is 36.5 Å². The van der Waals surface area contributed by atoms with Crippen molar-refractivity contribution in [2.24, 2.45) is 5.73 Å². The minimum Gasteiger partial charge on any atom is -0.399 e. The Labute approximate surface area is 246 Å². The summed E-state index contributed by atoms with van der Waals surface area (Å²) in [4.78, 5) is 4.39. The van der Waals surface area contributed by atoms with Gasteiger partial charge in [0, 0.05) is 35.2 Å². The molecule has 0 bridgehead atoms. The lowest BCUT2D eigenvalue weighted by atomic mass is 10.0. The van der Waals surface area contributed by atoms with Gasteiger partial charge in [-0.1, -0.05) is 35.3 Å². The fraction of sp³-hybridized carbons (Fsp3) is 0.200. The molecule has 5 rings (SSSR count). The van der Waals surface area contributed by atoms with Gasteiger partial charge in [-0.05, 0) is 74.0 Å². The summed E-state index contributed by atoms with van der Waals surface area (Å²) in [5.41, 5.74) is 10.0. The van der Waals surface area contributed by atoms with E-state index >= 15 is 0 Å². The van der Waals surface area contributed by atoms with E-state index in [1.807, 2.05) is 0 Å². The van der Waals surface area contributed by atoms with E-state index in [1.54, 1.807) is 30.5 Å². The lowest BCUT2D eigenvalue weighted by Crippen LogP contribution is -2.38. The second kappa shape index (κ2) is 12.6. The third-order valence-electron chi connectivity index (χ3n) is 6.91. The van der Waals surface area contributed by atoms with Crippen molar-refractivity contribution in [3.05, 3.63) is 105 Å². The van der Waals surface area contributed by atoms with Crippen molar-refractivity contribution in [2.75, 3.05) is 23.7 Å². The Bertz CT molecular complexity index is 1630. The molecule has 4 aromatic rings. The molecule has 0 aliphatic carbocycles. The first kappa shape index (κ1) is 28.4. The van der Waals surface area contributed by atoms with Crippen molar-refractivity contribution in [1.29, 1.82) is 5.26 Å². The molecule has 0 amide bonds. The van der Waals surface area contributed by atoms with E-state index in [2.05, 4.69) is 32.3 Å². The summed E-state index contributed by atoms with van der Waals surface area (Å²) in [7, 11) is 0. The van der Waals surface area contributed by atoms with Crippen molar-refractivity contribution in [1.82, 2.24) is 15.6 Å². The zero-order valence-electron chi connectivity index (χ0n) is 21.8. The number of nitrogens with one attached hydrogen (secondary N) is 4. The van der Waals surface area contributed by atoms with E-state index in [4.69, 9.17) is 28.9 Å². The maximum absolute atomic E-state index is 13.8. The standard InChI is InChI=1S/C30H27Cl2F2N7/c31-24-12-21(5-6-26(24)34)40-28-18(14-35)15-39-30-23(28)11-22(13-25(30)32)41-29(17-1-3-19(33)4-2-17)27(36)16-38-20-7-9-37-10-8-20/h1-6,11-13,15-16,20,29,37-38,41H,7-10,36H2,(H,39,40)/b27-16-. The number of nitrogens with zero attached hydrogens (tertiary/aromatic N) is 2. The number of halogens is 4. The zero-order chi connectivity index (χ0) is 28.9. The van der Waals surface area contributed by atoms with Crippen molar-refractivity contribution < 1.29 is 8.78 Å². The minimum atomic E-state index is -0.557. The number of benzene rings is 3. The van der Waals surface area contributed by atoms with Gasteiger partial charge < -0.3 is 27.0 Å². The van der Waals surface area contributed by atoms with Crippen LogP contribution in [0.15, 0.2) is 72.7 Å². The van der Waals surface area contributed by atoms with E-state index < -0.39 is 11.9 Å². The van der Waals surface area contributed by atoms with Crippen LogP contribution in [0.4, 0.5) is 25.8 Å². The van der Waals surface area contributed by atoms with E-state index in [-0.39, 0.29) is 16.4 Å². The molecular formula is C30H27Cl2F2N7. The molecule has 1 aromatic heterocycles. The molecule has 1 aliphatic heterocycles. The molecule has 1 saturated heterocycles. The number of rotatable bonds is 8. The summed E-state index contributed by atoms with van der Waals surface area (Å²) >= 11 is 12.7. The molecule has 2 heterocycles. The molecule has 1 aliphatic rings. The van der Waals surface area contributed by atoms with Crippen LogP contribution in [0.2, 0.25) is 10.0 Å². The quantitative estimate of drug-likeness (QED) is 0.154. The lowest BCUT2D eigenvalue weighted by Gasteiger charge is -2.25. The molecular weight excluding hydrogens is 567 g/mol. The van der Waals surface area contributed by atoms with E-state index in [9.17, 15) is 14.0 Å². The molecule has 41 heavy (non-hydrogen) atoms. The van der Waals surface area contributed by atoms with Crippen molar-refractivity contribution >= 4 is 51.2 Å². The molecule has 210 valence electrons. The van der Waals surface area contributed by atoms with Gasteiger partial charge in [-0.3, -0.25) is 4.98 Å². The number of hydrogen-bond donors (Lipinski definition) is 5. The van der Waals surface area contributed by atoms with Crippen molar-refractivity contribution in [2.45, 2.75) is 24.9 Å². The molecule has 3 aromatic carbocycles. The number of nitrogens with two attached hydrogens (primary N) is 1. The van der Waals surface area contributed by atoms with Gasteiger partial charge in [-0.15, -0.1) is 0 Å². The summed E-state index contributed by atoms with van der Waals surface area (Å²) < 4.78 is 27.5. The summed E-state index contributed by atoms with van der Waals surface area (Å²) in [6.07, 6.45) is 5.16. The fourth-order valence-corrected chi connectivity index (χ4v) is 5.20. The number of hydrogen-bond acceptors (Lipinski definition) is 7. The van der Waals surface area contributed by atoms with Gasteiger partial charge in [0.05, 0.1) is 38.6 Å². The highest BCUT2D eigenvalue weighted by atomic mass is 35.5. The van der Waals surface area contributed by atoms with Crippen LogP contribution in [0.25, 0.3) is 10.9 Å². The summed E-state index contributed by atoms with van der Waals surface area (Å²) in [6.45, 7) is 1.86. The second-order valence-corrected chi connectivity index (χ2v) is 10.5. The monoisotopic (exact) mass is 593 g/mol. The highest BCUT2D eigenvalue weighted by Gasteiger charge is 2.19. The molecule has 1 unspecified atom stereocenters. The predicted molar refractivity (Wildman–Crippen MR) is 160 cm³/mol. The number of piperidine rings is 1. The topological polar surface area (TPSA) is 111 Å². The largest absolute Gasteiger partial charge is 0.399 e. The Kier molecular flexibility index (Phi) is 8.74. The van der Waals surface area contributed by atoms with Crippen LogP contribution in [-0.4, -0.2) is 24.1 Å². The Morgan fingerprint density at radius 1 is 1.05 bits per heavy atom. The van der Waals surface area contributed by atoms with Gasteiger partial charge in [-0.2, -0.15) is 5.26 Å². The van der Waals surface area contributed by atoms with Gasteiger partial charge in [0.15, 0.2) is 0 Å². The van der Waals surface area contributed by atoms with Crippen LogP contribution in [0, 0.1) is 23.0 Å². The second-order valence-electron chi connectivity index (χ2n) is 9.73. The molecule has 7 nitrogen and oxygen atoms in total. The minimum absolute atomic E-state index is 0.0604. The fourth-order valence-electron chi connectivity index (χ4n) is 4.75. The molecule has 1 fully saturated rings. The smallest absolute Gasteiger partial charge is 0.141 e. The first-order chi connectivity index (χ1) is 19.8. The number of nitriles is 1. The Morgan fingerprint density at radius 2 is 1.78 bits per heavy atom. The Balaban J connectivity index is 1.53. The molecule has 0 radical (unpaired) electrons. The summed E-state index contributed by atoms with van der Waals surface area (Å²) in [6, 6.07) is 15.7. The maximum atomic E-state index is 13.8. The third-order valence-corrected chi connectivity index (χ3v) is 7.48. The third kappa shape index (κ3) is 6.63. The average molecular weight is 594 g/mol. The zero-order valence-corrected chi connectivity index (χ0v) is 23.3.